The molecule has 0 bridgehead atoms. The number of benzene rings is 2. The van der Waals surface area contributed by atoms with Gasteiger partial charge in [-0.25, -0.2) is 18.2 Å². The Morgan fingerprint density at radius 1 is 1.03 bits per heavy atom. The molecule has 0 radical (unpaired) electrons. The molecule has 192 valence electrons. The van der Waals surface area contributed by atoms with Gasteiger partial charge in [0.1, 0.15) is 16.4 Å². The van der Waals surface area contributed by atoms with Gasteiger partial charge in [0.2, 0.25) is 15.9 Å². The van der Waals surface area contributed by atoms with E-state index in [-0.39, 0.29) is 28.9 Å². The standard InChI is InChI=1S/C25H29N3O6S2/c1-17(29)27-20-10-6-19(7-11-20)15-36(31,32)28(14-18-8-12-21(33-5)13-9-18)23-22(26-16-35-23)24(30)34-25(2,3)4/h6-13,16H,14-15H2,1-5H3,(H,27,29). The molecule has 1 heterocycles. The minimum Gasteiger partial charge on any atom is -0.497 e. The smallest absolute Gasteiger partial charge is 0.360 e. The van der Waals surface area contributed by atoms with Crippen molar-refractivity contribution in [1.29, 1.82) is 0 Å². The second-order valence-corrected chi connectivity index (χ2v) is 11.7. The fourth-order valence-corrected chi connectivity index (χ4v) is 5.86. The van der Waals surface area contributed by atoms with Gasteiger partial charge in [0.25, 0.3) is 0 Å². The maximum absolute atomic E-state index is 13.7. The second-order valence-electron chi connectivity index (χ2n) is 9.00. The lowest BCUT2D eigenvalue weighted by atomic mass is 10.2. The van der Waals surface area contributed by atoms with Crippen molar-refractivity contribution >= 4 is 43.9 Å². The predicted molar refractivity (Wildman–Crippen MR) is 140 cm³/mol. The molecular formula is C25H29N3O6S2. The summed E-state index contributed by atoms with van der Waals surface area (Å²) in [6.45, 7) is 6.56. The summed E-state index contributed by atoms with van der Waals surface area (Å²) in [5.74, 6) is -0.608. The van der Waals surface area contributed by atoms with Gasteiger partial charge in [0.15, 0.2) is 5.69 Å². The normalized spacial score (nSPS) is 11.6. The van der Waals surface area contributed by atoms with Gasteiger partial charge in [0.05, 0.1) is 24.9 Å². The molecule has 0 spiro atoms. The Morgan fingerprint density at radius 3 is 2.19 bits per heavy atom. The van der Waals surface area contributed by atoms with Crippen LogP contribution in [0, 0.1) is 0 Å². The quantitative estimate of drug-likeness (QED) is 0.401. The van der Waals surface area contributed by atoms with Crippen molar-refractivity contribution in [3.63, 3.8) is 0 Å². The first-order chi connectivity index (χ1) is 16.9. The van der Waals surface area contributed by atoms with E-state index in [9.17, 15) is 18.0 Å². The number of sulfonamides is 1. The lowest BCUT2D eigenvalue weighted by molar-refractivity contribution is -0.114. The molecule has 0 saturated carbocycles. The van der Waals surface area contributed by atoms with Gasteiger partial charge in [-0.15, -0.1) is 11.3 Å². The van der Waals surface area contributed by atoms with Crippen LogP contribution in [0.2, 0.25) is 0 Å². The number of carbonyl (C=O) groups is 2. The average Bonchev–Trinajstić information content (AvgIpc) is 3.27. The molecule has 0 aliphatic heterocycles. The Balaban J connectivity index is 1.97. The second kappa shape index (κ2) is 11.1. The average molecular weight is 532 g/mol. The van der Waals surface area contributed by atoms with Crippen molar-refractivity contribution in [2.24, 2.45) is 0 Å². The molecule has 36 heavy (non-hydrogen) atoms. The number of thiazole rings is 1. The molecule has 0 aliphatic rings. The van der Waals surface area contributed by atoms with Gasteiger partial charge >= 0.3 is 5.97 Å². The van der Waals surface area contributed by atoms with E-state index < -0.39 is 21.6 Å². The molecule has 1 amide bonds. The molecule has 1 aromatic heterocycles. The summed E-state index contributed by atoms with van der Waals surface area (Å²) in [6, 6.07) is 13.5. The Bertz CT molecular complexity index is 1310. The van der Waals surface area contributed by atoms with Crippen LogP contribution in [0.4, 0.5) is 10.7 Å². The Hall–Kier alpha value is -3.44. The SMILES string of the molecule is COc1ccc(CN(c2scnc2C(=O)OC(C)(C)C)S(=O)(=O)Cc2ccc(NC(C)=O)cc2)cc1. The van der Waals surface area contributed by atoms with Crippen LogP contribution in [0.3, 0.4) is 0 Å². The maximum Gasteiger partial charge on any atom is 0.360 e. The molecule has 0 unspecified atom stereocenters. The highest BCUT2D eigenvalue weighted by Gasteiger charge is 2.31. The van der Waals surface area contributed by atoms with Gasteiger partial charge in [-0.05, 0) is 56.2 Å². The van der Waals surface area contributed by atoms with Crippen LogP contribution in [0.5, 0.6) is 5.75 Å². The zero-order valence-electron chi connectivity index (χ0n) is 20.8. The van der Waals surface area contributed by atoms with Crippen molar-refractivity contribution in [3.8, 4) is 5.75 Å². The number of carbonyl (C=O) groups excluding carboxylic acids is 2. The van der Waals surface area contributed by atoms with Crippen molar-refractivity contribution in [2.75, 3.05) is 16.7 Å². The lowest BCUT2D eigenvalue weighted by Crippen LogP contribution is -2.33. The highest BCUT2D eigenvalue weighted by Crippen LogP contribution is 2.32. The molecule has 1 N–H and O–H groups in total. The molecular weight excluding hydrogens is 502 g/mol. The van der Waals surface area contributed by atoms with E-state index in [0.717, 1.165) is 11.3 Å². The molecule has 0 aliphatic carbocycles. The van der Waals surface area contributed by atoms with E-state index in [0.29, 0.717) is 22.6 Å². The van der Waals surface area contributed by atoms with Crippen LogP contribution >= 0.6 is 11.3 Å². The third-order valence-corrected chi connectivity index (χ3v) is 7.46. The number of methoxy groups -OCH3 is 1. The zero-order chi connectivity index (χ0) is 26.5. The summed E-state index contributed by atoms with van der Waals surface area (Å²) >= 11 is 1.05. The van der Waals surface area contributed by atoms with Crippen molar-refractivity contribution in [3.05, 3.63) is 70.9 Å². The Labute approximate surface area is 215 Å². The number of ether oxygens (including phenoxy) is 2. The fraction of sp³-hybridized carbons (Fsp3) is 0.320. The monoisotopic (exact) mass is 531 g/mol. The van der Waals surface area contributed by atoms with E-state index in [4.69, 9.17) is 9.47 Å². The van der Waals surface area contributed by atoms with Crippen molar-refractivity contribution in [2.45, 2.75) is 45.6 Å². The van der Waals surface area contributed by atoms with Gasteiger partial charge < -0.3 is 14.8 Å². The van der Waals surface area contributed by atoms with E-state index in [2.05, 4.69) is 10.3 Å². The summed E-state index contributed by atoms with van der Waals surface area (Å²) in [5.41, 5.74) is 2.37. The molecule has 3 rings (SSSR count). The minimum atomic E-state index is -3.97. The van der Waals surface area contributed by atoms with Crippen molar-refractivity contribution < 1.29 is 27.5 Å². The van der Waals surface area contributed by atoms with Crippen LogP contribution in [0.1, 0.15) is 49.3 Å². The summed E-state index contributed by atoms with van der Waals surface area (Å²) in [5, 5.41) is 2.83. The topological polar surface area (TPSA) is 115 Å². The summed E-state index contributed by atoms with van der Waals surface area (Å²) in [4.78, 5) is 28.2. The number of hydrogen-bond donors (Lipinski definition) is 1. The molecule has 2 aromatic carbocycles. The third kappa shape index (κ3) is 7.28. The number of nitrogens with one attached hydrogen (secondary N) is 1. The summed E-state index contributed by atoms with van der Waals surface area (Å²) < 4.78 is 39.3. The molecule has 3 aromatic rings. The molecule has 9 nitrogen and oxygen atoms in total. The van der Waals surface area contributed by atoms with Crippen LogP contribution in [-0.4, -0.2) is 38.0 Å². The number of esters is 1. The number of hydrogen-bond acceptors (Lipinski definition) is 8. The summed E-state index contributed by atoms with van der Waals surface area (Å²) in [6.07, 6.45) is 0. The first kappa shape index (κ1) is 27.2. The van der Waals surface area contributed by atoms with Crippen LogP contribution < -0.4 is 14.4 Å². The number of rotatable bonds is 9. The number of anilines is 2. The van der Waals surface area contributed by atoms with E-state index in [1.54, 1.807) is 76.4 Å². The van der Waals surface area contributed by atoms with Gasteiger partial charge in [-0.2, -0.15) is 0 Å². The van der Waals surface area contributed by atoms with E-state index >= 15 is 0 Å². The highest BCUT2D eigenvalue weighted by atomic mass is 32.2. The summed E-state index contributed by atoms with van der Waals surface area (Å²) in [7, 11) is -2.42. The third-order valence-electron chi connectivity index (χ3n) is 4.81. The maximum atomic E-state index is 13.7. The first-order valence-electron chi connectivity index (χ1n) is 11.0. The number of nitrogens with zero attached hydrogens (tertiary/aromatic N) is 2. The predicted octanol–water partition coefficient (Wildman–Crippen LogP) is 4.60. The fourth-order valence-electron chi connectivity index (χ4n) is 3.25. The Morgan fingerprint density at radius 2 is 1.64 bits per heavy atom. The molecule has 0 atom stereocenters. The van der Waals surface area contributed by atoms with Crippen molar-refractivity contribution in [1.82, 2.24) is 4.98 Å². The van der Waals surface area contributed by atoms with Gasteiger partial charge in [-0.1, -0.05) is 24.3 Å². The van der Waals surface area contributed by atoms with Gasteiger partial charge in [0, 0.05) is 12.6 Å². The van der Waals surface area contributed by atoms with E-state index in [1.807, 2.05) is 0 Å². The Kier molecular flexibility index (Phi) is 8.36. The van der Waals surface area contributed by atoms with Crippen LogP contribution in [-0.2, 0) is 31.9 Å². The number of amides is 1. The minimum absolute atomic E-state index is 0.0195. The van der Waals surface area contributed by atoms with E-state index in [1.165, 1.54) is 16.7 Å². The number of aromatic nitrogens is 1. The molecule has 11 heteroatoms. The zero-order valence-corrected chi connectivity index (χ0v) is 22.4. The van der Waals surface area contributed by atoms with Gasteiger partial charge in [-0.3, -0.25) is 9.10 Å². The lowest BCUT2D eigenvalue weighted by Gasteiger charge is -2.25. The molecule has 0 saturated heterocycles. The first-order valence-corrected chi connectivity index (χ1v) is 13.5. The van der Waals surface area contributed by atoms with Crippen LogP contribution in [0.15, 0.2) is 54.0 Å². The molecule has 0 fully saturated rings. The largest absolute Gasteiger partial charge is 0.497 e. The van der Waals surface area contributed by atoms with Crippen LogP contribution in [0.25, 0.3) is 0 Å². The highest BCUT2D eigenvalue weighted by molar-refractivity contribution is 7.92.